The molecule has 5 nitrogen and oxygen atoms in total. The van der Waals surface area contributed by atoms with Crippen LogP contribution >= 0.6 is 0 Å². The first-order valence-corrected chi connectivity index (χ1v) is 7.25. The van der Waals surface area contributed by atoms with Crippen LogP contribution in [0, 0.1) is 0 Å². The predicted molar refractivity (Wildman–Crippen MR) is 78.7 cm³/mol. The monoisotopic (exact) mass is 285 g/mol. The molecule has 1 aliphatic heterocycles. The Bertz CT molecular complexity index is 601. The van der Waals surface area contributed by atoms with Gasteiger partial charge in [0.2, 0.25) is 5.76 Å². The van der Waals surface area contributed by atoms with Crippen molar-refractivity contribution in [1.82, 2.24) is 10.1 Å². The largest absolute Gasteiger partial charge is 0.363 e. The number of rotatable bonds is 4. The molecule has 21 heavy (non-hydrogen) atoms. The fourth-order valence-electron chi connectivity index (χ4n) is 2.83. The van der Waals surface area contributed by atoms with Gasteiger partial charge in [-0.25, -0.2) is 0 Å². The molecule has 3 rings (SSSR count). The zero-order chi connectivity index (χ0) is 14.7. The Hall–Kier alpha value is -2.14. The van der Waals surface area contributed by atoms with Gasteiger partial charge in [-0.2, -0.15) is 0 Å². The Balaban J connectivity index is 1.56. The van der Waals surface area contributed by atoms with Crippen LogP contribution in [0.15, 0.2) is 40.9 Å². The minimum Gasteiger partial charge on any atom is -0.363 e. The zero-order valence-corrected chi connectivity index (χ0v) is 11.9. The van der Waals surface area contributed by atoms with E-state index in [0.29, 0.717) is 5.92 Å². The van der Waals surface area contributed by atoms with E-state index in [1.54, 1.807) is 6.07 Å². The number of nitrogens with zero attached hydrogens (tertiary/aromatic N) is 2. The normalized spacial score (nSPS) is 17.0. The van der Waals surface area contributed by atoms with Gasteiger partial charge in [-0.1, -0.05) is 35.5 Å². The first-order valence-electron chi connectivity index (χ1n) is 7.25. The second-order valence-corrected chi connectivity index (χ2v) is 5.52. The minimum atomic E-state index is -0.560. The molecule has 1 fully saturated rings. The van der Waals surface area contributed by atoms with Crippen LogP contribution in [0.4, 0.5) is 0 Å². The molecule has 0 atom stereocenters. The molecule has 0 unspecified atom stereocenters. The Morgan fingerprint density at radius 1 is 1.29 bits per heavy atom. The second kappa shape index (κ2) is 6.10. The second-order valence-electron chi connectivity index (χ2n) is 5.52. The van der Waals surface area contributed by atoms with Crippen molar-refractivity contribution in [3.63, 3.8) is 0 Å². The van der Waals surface area contributed by atoms with Gasteiger partial charge < -0.3 is 10.3 Å². The number of hydrogen-bond acceptors (Lipinski definition) is 4. The van der Waals surface area contributed by atoms with Gasteiger partial charge in [0.05, 0.1) is 5.69 Å². The fourth-order valence-corrected chi connectivity index (χ4v) is 2.83. The van der Waals surface area contributed by atoms with E-state index in [1.807, 2.05) is 6.07 Å². The average molecular weight is 285 g/mol. The van der Waals surface area contributed by atoms with E-state index >= 15 is 0 Å². The Morgan fingerprint density at radius 2 is 2.00 bits per heavy atom. The van der Waals surface area contributed by atoms with Crippen LogP contribution in [0.1, 0.15) is 40.6 Å². The van der Waals surface area contributed by atoms with Crippen molar-refractivity contribution in [2.75, 3.05) is 13.1 Å². The van der Waals surface area contributed by atoms with Crippen LogP contribution in [-0.4, -0.2) is 29.1 Å². The molecule has 2 heterocycles. The summed E-state index contributed by atoms with van der Waals surface area (Å²) in [6.07, 6.45) is 2.05. The lowest BCUT2D eigenvalue weighted by atomic mass is 9.93. The number of benzene rings is 1. The molecule has 1 amide bonds. The van der Waals surface area contributed by atoms with Gasteiger partial charge >= 0.3 is 0 Å². The van der Waals surface area contributed by atoms with E-state index in [-0.39, 0.29) is 5.76 Å². The van der Waals surface area contributed by atoms with Gasteiger partial charge in [-0.3, -0.25) is 9.69 Å². The van der Waals surface area contributed by atoms with Gasteiger partial charge in [-0.15, -0.1) is 0 Å². The number of carbonyl (C=O) groups excluding carboxylic acids is 1. The number of nitrogens with two attached hydrogens (primary N) is 1. The number of carbonyl (C=O) groups is 1. The summed E-state index contributed by atoms with van der Waals surface area (Å²) in [6.45, 7) is 3.04. The molecule has 0 bridgehead atoms. The van der Waals surface area contributed by atoms with Gasteiger partial charge in [-0.05, 0) is 31.5 Å². The van der Waals surface area contributed by atoms with Crippen molar-refractivity contribution in [2.24, 2.45) is 5.73 Å². The molecule has 1 aromatic carbocycles. The van der Waals surface area contributed by atoms with Crippen molar-refractivity contribution < 1.29 is 9.32 Å². The third-order valence-electron chi connectivity index (χ3n) is 4.03. The number of likely N-dealkylation sites (tertiary alicyclic amines) is 1. The number of hydrogen-bond donors (Lipinski definition) is 1. The molecular formula is C16H19N3O2. The van der Waals surface area contributed by atoms with Gasteiger partial charge in [0.25, 0.3) is 5.91 Å². The zero-order valence-electron chi connectivity index (χ0n) is 11.9. The summed E-state index contributed by atoms with van der Waals surface area (Å²) in [4.78, 5) is 13.5. The molecule has 1 aromatic heterocycles. The molecule has 2 N–H and O–H groups in total. The van der Waals surface area contributed by atoms with E-state index in [4.69, 9.17) is 10.3 Å². The van der Waals surface area contributed by atoms with Crippen LogP contribution in [0.3, 0.4) is 0 Å². The van der Waals surface area contributed by atoms with Crippen molar-refractivity contribution in [2.45, 2.75) is 25.3 Å². The number of aromatic nitrogens is 1. The maximum absolute atomic E-state index is 11.0. The lowest BCUT2D eigenvalue weighted by Gasteiger charge is -2.30. The third kappa shape index (κ3) is 3.31. The summed E-state index contributed by atoms with van der Waals surface area (Å²) in [5, 5.41) is 3.98. The third-order valence-corrected chi connectivity index (χ3v) is 4.03. The Kier molecular flexibility index (Phi) is 4.01. The quantitative estimate of drug-likeness (QED) is 0.934. The van der Waals surface area contributed by atoms with Gasteiger partial charge in [0, 0.05) is 18.5 Å². The SMILES string of the molecule is NC(=O)c1cc(C2CCN(Cc3ccccc3)CC2)no1. The highest BCUT2D eigenvalue weighted by atomic mass is 16.5. The summed E-state index contributed by atoms with van der Waals surface area (Å²) in [5.74, 6) is -0.0548. The van der Waals surface area contributed by atoms with Crippen LogP contribution in [0.25, 0.3) is 0 Å². The standard InChI is InChI=1S/C16H19N3O2/c17-16(20)15-10-14(18-21-15)13-6-8-19(9-7-13)11-12-4-2-1-3-5-12/h1-5,10,13H,6-9,11H2,(H2,17,20). The molecule has 0 aliphatic carbocycles. The van der Waals surface area contributed by atoms with E-state index < -0.39 is 5.91 Å². The molecular weight excluding hydrogens is 266 g/mol. The maximum Gasteiger partial charge on any atom is 0.287 e. The average Bonchev–Trinajstić information content (AvgIpc) is 2.99. The molecule has 1 aliphatic rings. The van der Waals surface area contributed by atoms with Crippen molar-refractivity contribution in [3.05, 3.63) is 53.4 Å². The summed E-state index contributed by atoms with van der Waals surface area (Å²) in [7, 11) is 0. The van der Waals surface area contributed by atoms with Crippen LogP contribution in [0.2, 0.25) is 0 Å². The summed E-state index contributed by atoms with van der Waals surface area (Å²) in [6, 6.07) is 12.2. The van der Waals surface area contributed by atoms with Crippen molar-refractivity contribution >= 4 is 5.91 Å². The van der Waals surface area contributed by atoms with Crippen LogP contribution in [0.5, 0.6) is 0 Å². The van der Waals surface area contributed by atoms with Crippen LogP contribution < -0.4 is 5.73 Å². The summed E-state index contributed by atoms with van der Waals surface area (Å²) in [5.41, 5.74) is 7.37. The first kappa shape index (κ1) is 13.8. The molecule has 1 saturated heterocycles. The molecule has 0 radical (unpaired) electrons. The smallest absolute Gasteiger partial charge is 0.287 e. The highest BCUT2D eigenvalue weighted by Gasteiger charge is 2.24. The number of primary amides is 1. The lowest BCUT2D eigenvalue weighted by Crippen LogP contribution is -2.32. The van der Waals surface area contributed by atoms with Gasteiger partial charge in [0.1, 0.15) is 0 Å². The lowest BCUT2D eigenvalue weighted by molar-refractivity contribution is 0.0964. The van der Waals surface area contributed by atoms with E-state index in [0.717, 1.165) is 38.2 Å². The molecule has 2 aromatic rings. The summed E-state index contributed by atoms with van der Waals surface area (Å²) >= 11 is 0. The number of piperidine rings is 1. The van der Waals surface area contributed by atoms with Gasteiger partial charge in [0.15, 0.2) is 0 Å². The molecule has 110 valence electrons. The Labute approximate surface area is 123 Å². The Morgan fingerprint density at radius 3 is 2.62 bits per heavy atom. The summed E-state index contributed by atoms with van der Waals surface area (Å²) < 4.78 is 4.96. The predicted octanol–water partition coefficient (Wildman–Crippen LogP) is 2.15. The highest BCUT2D eigenvalue weighted by Crippen LogP contribution is 2.28. The molecule has 5 heteroatoms. The maximum atomic E-state index is 11.0. The van der Waals surface area contributed by atoms with E-state index in [9.17, 15) is 4.79 Å². The highest BCUT2D eigenvalue weighted by molar-refractivity contribution is 5.89. The van der Waals surface area contributed by atoms with Crippen molar-refractivity contribution in [3.8, 4) is 0 Å². The first-order chi connectivity index (χ1) is 10.2. The van der Waals surface area contributed by atoms with Crippen LogP contribution in [-0.2, 0) is 6.54 Å². The minimum absolute atomic E-state index is 0.150. The topological polar surface area (TPSA) is 72.4 Å². The van der Waals surface area contributed by atoms with E-state index in [1.165, 1.54) is 5.56 Å². The van der Waals surface area contributed by atoms with Crippen molar-refractivity contribution in [1.29, 1.82) is 0 Å². The van der Waals surface area contributed by atoms with E-state index in [2.05, 4.69) is 34.3 Å². The molecule has 0 spiro atoms. The number of amides is 1. The molecule has 0 saturated carbocycles. The fraction of sp³-hybridized carbons (Fsp3) is 0.375.